The van der Waals surface area contributed by atoms with E-state index in [9.17, 15) is 0 Å². The van der Waals surface area contributed by atoms with Crippen molar-refractivity contribution in [3.05, 3.63) is 24.5 Å². The van der Waals surface area contributed by atoms with E-state index in [4.69, 9.17) is 10.5 Å². The van der Waals surface area contributed by atoms with Gasteiger partial charge in [0, 0.05) is 24.5 Å². The van der Waals surface area contributed by atoms with Crippen LogP contribution in [0.4, 0.5) is 10.8 Å². The lowest BCUT2D eigenvalue weighted by atomic mass is 10.1. The second kappa shape index (κ2) is 5.38. The average molecular weight is 290 g/mol. The highest BCUT2D eigenvalue weighted by Gasteiger charge is 2.28. The molecule has 1 aliphatic rings. The topological polar surface area (TPSA) is 64.3 Å². The largest absolute Gasteiger partial charge is 0.382 e. The summed E-state index contributed by atoms with van der Waals surface area (Å²) < 4.78 is 10.0. The van der Waals surface area contributed by atoms with E-state index in [0.29, 0.717) is 11.9 Å². The first kappa shape index (κ1) is 13.3. The van der Waals surface area contributed by atoms with Crippen LogP contribution in [0, 0.1) is 0 Å². The Morgan fingerprint density at radius 2 is 2.30 bits per heavy atom. The van der Waals surface area contributed by atoms with Crippen molar-refractivity contribution in [3.8, 4) is 11.1 Å². The number of hydrogen-bond donors (Lipinski definition) is 1. The minimum absolute atomic E-state index is 0.219. The zero-order valence-electron chi connectivity index (χ0n) is 11.6. The number of hydrogen-bond acceptors (Lipinski definition) is 6. The number of nitrogens with two attached hydrogens (primary N) is 1. The van der Waals surface area contributed by atoms with Crippen LogP contribution < -0.4 is 10.6 Å². The second-order valence-electron chi connectivity index (χ2n) is 5.14. The molecule has 0 aromatic carbocycles. The number of ether oxygens (including phenoxy) is 1. The second-order valence-corrected chi connectivity index (χ2v) is 5.89. The van der Waals surface area contributed by atoms with Gasteiger partial charge < -0.3 is 15.4 Å². The molecule has 2 aromatic heterocycles. The Hall–Kier alpha value is -1.66. The number of rotatable bonds is 2. The van der Waals surface area contributed by atoms with Gasteiger partial charge in [0.1, 0.15) is 10.8 Å². The highest BCUT2D eigenvalue weighted by Crippen LogP contribution is 2.40. The molecule has 0 spiro atoms. The van der Waals surface area contributed by atoms with Crippen molar-refractivity contribution < 1.29 is 4.74 Å². The molecular weight excluding hydrogens is 272 g/mol. The first-order valence-electron chi connectivity index (χ1n) is 6.70. The maximum Gasteiger partial charge on any atom is 0.147 e. The summed E-state index contributed by atoms with van der Waals surface area (Å²) in [6.45, 7) is 5.84. The summed E-state index contributed by atoms with van der Waals surface area (Å²) in [6.07, 6.45) is 3.81. The standard InChI is InChI=1S/C14H18N4OS/c1-9-8-19-10(2)7-18(9)14-12(13(15)17-20-14)11-4-3-5-16-6-11/h3-6,9-10H,7-8H2,1-2H3,(H2,15,17). The van der Waals surface area contributed by atoms with E-state index in [0.717, 1.165) is 29.3 Å². The van der Waals surface area contributed by atoms with Crippen LogP contribution in [-0.4, -0.2) is 34.7 Å². The SMILES string of the molecule is CC1CN(c2snc(N)c2-c2cccnc2)C(C)CO1. The molecule has 0 saturated carbocycles. The fraction of sp³-hybridized carbons (Fsp3) is 0.429. The van der Waals surface area contributed by atoms with Gasteiger partial charge in [-0.25, -0.2) is 0 Å². The lowest BCUT2D eigenvalue weighted by molar-refractivity contribution is 0.0347. The predicted molar refractivity (Wildman–Crippen MR) is 82.0 cm³/mol. The van der Waals surface area contributed by atoms with E-state index in [1.165, 1.54) is 11.5 Å². The molecule has 2 N–H and O–H groups in total. The molecule has 2 aromatic rings. The third kappa shape index (κ3) is 2.36. The molecule has 106 valence electrons. The Kier molecular flexibility index (Phi) is 3.58. The third-order valence-corrected chi connectivity index (χ3v) is 4.42. The molecule has 1 aliphatic heterocycles. The van der Waals surface area contributed by atoms with Gasteiger partial charge in [0.15, 0.2) is 0 Å². The van der Waals surface area contributed by atoms with E-state index < -0.39 is 0 Å². The lowest BCUT2D eigenvalue weighted by Gasteiger charge is -2.37. The Bertz CT molecular complexity index is 586. The number of nitrogen functional groups attached to an aromatic ring is 1. The summed E-state index contributed by atoms with van der Waals surface area (Å²) in [4.78, 5) is 6.52. The molecule has 5 nitrogen and oxygen atoms in total. The smallest absolute Gasteiger partial charge is 0.147 e. The van der Waals surface area contributed by atoms with Crippen LogP contribution in [0.25, 0.3) is 11.1 Å². The lowest BCUT2D eigenvalue weighted by Crippen LogP contribution is -2.47. The molecule has 2 unspecified atom stereocenters. The number of pyridine rings is 1. The van der Waals surface area contributed by atoms with Crippen LogP contribution in [0.15, 0.2) is 24.5 Å². The van der Waals surface area contributed by atoms with Gasteiger partial charge in [-0.05, 0) is 31.4 Å². The maximum absolute atomic E-state index is 6.07. The fourth-order valence-corrected chi connectivity index (χ4v) is 3.41. The van der Waals surface area contributed by atoms with Crippen LogP contribution in [0.1, 0.15) is 13.8 Å². The molecule has 3 rings (SSSR count). The Morgan fingerprint density at radius 3 is 3.05 bits per heavy atom. The van der Waals surface area contributed by atoms with Gasteiger partial charge in [-0.2, -0.15) is 4.37 Å². The molecule has 0 radical (unpaired) electrons. The van der Waals surface area contributed by atoms with Gasteiger partial charge in [0.25, 0.3) is 0 Å². The zero-order chi connectivity index (χ0) is 14.1. The average Bonchev–Trinajstić information content (AvgIpc) is 2.84. The van der Waals surface area contributed by atoms with Crippen LogP contribution in [-0.2, 0) is 4.74 Å². The molecule has 0 amide bonds. The van der Waals surface area contributed by atoms with Crippen molar-refractivity contribution >= 4 is 22.4 Å². The number of anilines is 2. The zero-order valence-corrected chi connectivity index (χ0v) is 12.4. The maximum atomic E-state index is 6.07. The minimum Gasteiger partial charge on any atom is -0.382 e. The molecule has 20 heavy (non-hydrogen) atoms. The van der Waals surface area contributed by atoms with Crippen LogP contribution >= 0.6 is 11.5 Å². The first-order valence-corrected chi connectivity index (χ1v) is 7.48. The number of morpholine rings is 1. The van der Waals surface area contributed by atoms with E-state index in [1.54, 1.807) is 6.20 Å². The predicted octanol–water partition coefficient (Wildman–Crippen LogP) is 2.40. The van der Waals surface area contributed by atoms with Crippen molar-refractivity contribution in [2.75, 3.05) is 23.8 Å². The van der Waals surface area contributed by atoms with Gasteiger partial charge in [0.05, 0.1) is 24.3 Å². The molecule has 1 fully saturated rings. The third-order valence-electron chi connectivity index (χ3n) is 3.52. The highest BCUT2D eigenvalue weighted by atomic mass is 32.1. The summed E-state index contributed by atoms with van der Waals surface area (Å²) in [6, 6.07) is 4.26. The summed E-state index contributed by atoms with van der Waals surface area (Å²) in [7, 11) is 0. The number of nitrogens with zero attached hydrogens (tertiary/aromatic N) is 3. The summed E-state index contributed by atoms with van der Waals surface area (Å²) >= 11 is 1.45. The molecule has 3 heterocycles. The molecule has 6 heteroatoms. The molecule has 0 aliphatic carbocycles. The Balaban J connectivity index is 2.02. The van der Waals surface area contributed by atoms with E-state index in [2.05, 4.69) is 28.1 Å². The van der Waals surface area contributed by atoms with Crippen molar-refractivity contribution in [1.29, 1.82) is 0 Å². The van der Waals surface area contributed by atoms with Crippen molar-refractivity contribution in [2.45, 2.75) is 26.0 Å². The summed E-state index contributed by atoms with van der Waals surface area (Å²) in [5.74, 6) is 0.573. The van der Waals surface area contributed by atoms with Crippen LogP contribution in [0.3, 0.4) is 0 Å². The van der Waals surface area contributed by atoms with Gasteiger partial charge in [0.2, 0.25) is 0 Å². The van der Waals surface area contributed by atoms with Gasteiger partial charge in [-0.15, -0.1) is 0 Å². The Labute approximate surface area is 122 Å². The van der Waals surface area contributed by atoms with E-state index in [-0.39, 0.29) is 6.10 Å². The monoisotopic (exact) mass is 290 g/mol. The van der Waals surface area contributed by atoms with Crippen LogP contribution in [0.2, 0.25) is 0 Å². The van der Waals surface area contributed by atoms with Gasteiger partial charge >= 0.3 is 0 Å². The van der Waals surface area contributed by atoms with Crippen molar-refractivity contribution in [1.82, 2.24) is 9.36 Å². The first-order chi connectivity index (χ1) is 9.66. The summed E-state index contributed by atoms with van der Waals surface area (Å²) in [5, 5.41) is 1.11. The van der Waals surface area contributed by atoms with Gasteiger partial charge in [-0.3, -0.25) is 4.98 Å². The molecule has 0 bridgehead atoms. The van der Waals surface area contributed by atoms with Crippen molar-refractivity contribution in [3.63, 3.8) is 0 Å². The molecule has 2 atom stereocenters. The van der Waals surface area contributed by atoms with Crippen LogP contribution in [0.5, 0.6) is 0 Å². The van der Waals surface area contributed by atoms with Gasteiger partial charge in [-0.1, -0.05) is 6.07 Å². The molecular formula is C14H18N4OS. The van der Waals surface area contributed by atoms with E-state index in [1.807, 2.05) is 18.3 Å². The number of aromatic nitrogens is 2. The van der Waals surface area contributed by atoms with Crippen molar-refractivity contribution in [2.24, 2.45) is 0 Å². The minimum atomic E-state index is 0.219. The molecule has 1 saturated heterocycles. The summed E-state index contributed by atoms with van der Waals surface area (Å²) in [5.41, 5.74) is 8.08. The van der Waals surface area contributed by atoms with E-state index >= 15 is 0 Å². The normalized spacial score (nSPS) is 23.0. The Morgan fingerprint density at radius 1 is 1.45 bits per heavy atom. The quantitative estimate of drug-likeness (QED) is 0.920. The highest BCUT2D eigenvalue weighted by molar-refractivity contribution is 7.11. The fourth-order valence-electron chi connectivity index (χ4n) is 2.46.